The highest BCUT2D eigenvalue weighted by molar-refractivity contribution is 9.10. The Balaban J connectivity index is 1.74. The Morgan fingerprint density at radius 1 is 0.963 bits per heavy atom. The van der Waals surface area contributed by atoms with Gasteiger partial charge in [-0.3, -0.25) is 14.9 Å². The largest absolute Gasteiger partial charge is 0.321 e. The van der Waals surface area contributed by atoms with Gasteiger partial charge in [-0.1, -0.05) is 18.2 Å². The second kappa shape index (κ2) is 6.73. The van der Waals surface area contributed by atoms with Crippen LogP contribution in [-0.2, 0) is 0 Å². The molecule has 4 aromatic rings. The molecule has 132 valence electrons. The van der Waals surface area contributed by atoms with Gasteiger partial charge in [0.05, 0.1) is 32.7 Å². The van der Waals surface area contributed by atoms with Crippen LogP contribution in [-0.4, -0.2) is 20.8 Å². The SMILES string of the molecule is O=C(Nc1ccc([N+](=O)[O-])cc1Br)c1cccc2nc3ccccc3nc12. The number of nitrogens with zero attached hydrogens (tertiary/aromatic N) is 3. The predicted octanol–water partition coefficient (Wildman–Crippen LogP) is 4.71. The van der Waals surface area contributed by atoms with Crippen molar-refractivity contribution < 1.29 is 9.72 Å². The second-order valence-electron chi connectivity index (χ2n) is 5.76. The molecule has 0 unspecified atom stereocenters. The number of non-ortho nitro benzene ring substituents is 1. The molecule has 3 aromatic carbocycles. The number of nitro groups is 1. The van der Waals surface area contributed by atoms with Crippen LogP contribution in [0.1, 0.15) is 10.4 Å². The lowest BCUT2D eigenvalue weighted by Crippen LogP contribution is -2.13. The molecule has 7 nitrogen and oxygen atoms in total. The van der Waals surface area contributed by atoms with Gasteiger partial charge in [-0.2, -0.15) is 0 Å². The van der Waals surface area contributed by atoms with E-state index in [0.29, 0.717) is 32.3 Å². The van der Waals surface area contributed by atoms with Crippen LogP contribution in [0.5, 0.6) is 0 Å². The first kappa shape index (κ1) is 17.0. The number of rotatable bonds is 3. The van der Waals surface area contributed by atoms with E-state index < -0.39 is 4.92 Å². The maximum Gasteiger partial charge on any atom is 0.270 e. The standard InChI is InChI=1S/C19H11BrN4O3/c20-13-10-11(24(26)27)8-9-14(13)23-19(25)12-4-3-7-17-18(12)22-16-6-2-1-5-15(16)21-17/h1-10H,(H,23,25). The average molecular weight is 423 g/mol. The van der Waals surface area contributed by atoms with E-state index in [2.05, 4.69) is 31.2 Å². The summed E-state index contributed by atoms with van der Waals surface area (Å²) in [5.74, 6) is -0.375. The highest BCUT2D eigenvalue weighted by Crippen LogP contribution is 2.28. The zero-order valence-corrected chi connectivity index (χ0v) is 15.3. The minimum absolute atomic E-state index is 0.0672. The lowest BCUT2D eigenvalue weighted by Gasteiger charge is -2.09. The molecule has 0 atom stereocenters. The summed E-state index contributed by atoms with van der Waals surface area (Å²) in [5, 5.41) is 13.6. The molecule has 1 aromatic heterocycles. The first-order valence-corrected chi connectivity index (χ1v) is 8.73. The first-order chi connectivity index (χ1) is 13.0. The van der Waals surface area contributed by atoms with Gasteiger partial charge in [0.2, 0.25) is 0 Å². The van der Waals surface area contributed by atoms with Crippen LogP contribution in [0.3, 0.4) is 0 Å². The van der Waals surface area contributed by atoms with Gasteiger partial charge < -0.3 is 5.32 Å². The summed E-state index contributed by atoms with van der Waals surface area (Å²) in [6.45, 7) is 0. The molecule has 0 radical (unpaired) electrons. The van der Waals surface area contributed by atoms with Crippen molar-refractivity contribution in [1.29, 1.82) is 0 Å². The molecule has 0 saturated heterocycles. The maximum atomic E-state index is 12.8. The summed E-state index contributed by atoms with van der Waals surface area (Å²) in [7, 11) is 0. The number of aromatic nitrogens is 2. The fourth-order valence-electron chi connectivity index (χ4n) is 2.73. The van der Waals surface area contributed by atoms with Crippen molar-refractivity contribution in [3.8, 4) is 0 Å². The fourth-order valence-corrected chi connectivity index (χ4v) is 3.20. The Morgan fingerprint density at radius 3 is 2.37 bits per heavy atom. The summed E-state index contributed by atoms with van der Waals surface area (Å²) < 4.78 is 0.418. The van der Waals surface area contributed by atoms with Crippen molar-refractivity contribution >= 4 is 55.3 Å². The smallest absolute Gasteiger partial charge is 0.270 e. The highest BCUT2D eigenvalue weighted by Gasteiger charge is 2.16. The van der Waals surface area contributed by atoms with Crippen molar-refractivity contribution in [3.63, 3.8) is 0 Å². The third-order valence-electron chi connectivity index (χ3n) is 4.03. The van der Waals surface area contributed by atoms with E-state index in [9.17, 15) is 14.9 Å². The number of benzene rings is 3. The number of amides is 1. The Kier molecular flexibility index (Phi) is 4.25. The van der Waals surface area contributed by atoms with Gasteiger partial charge in [-0.25, -0.2) is 9.97 Å². The quantitative estimate of drug-likeness (QED) is 0.293. The van der Waals surface area contributed by atoms with E-state index in [1.807, 2.05) is 24.3 Å². The van der Waals surface area contributed by atoms with Crippen LogP contribution in [0.2, 0.25) is 0 Å². The van der Waals surface area contributed by atoms with E-state index in [1.54, 1.807) is 18.2 Å². The predicted molar refractivity (Wildman–Crippen MR) is 106 cm³/mol. The van der Waals surface area contributed by atoms with E-state index in [1.165, 1.54) is 18.2 Å². The zero-order valence-electron chi connectivity index (χ0n) is 13.7. The van der Waals surface area contributed by atoms with Crippen molar-refractivity contribution in [2.24, 2.45) is 0 Å². The summed E-state index contributed by atoms with van der Waals surface area (Å²) in [4.78, 5) is 32.3. The number of nitrogens with one attached hydrogen (secondary N) is 1. The molecule has 0 aliphatic carbocycles. The van der Waals surface area contributed by atoms with Crippen LogP contribution in [0, 0.1) is 10.1 Å². The number of carbonyl (C=O) groups excluding carboxylic acids is 1. The number of anilines is 1. The molecular weight excluding hydrogens is 412 g/mol. The lowest BCUT2D eigenvalue weighted by molar-refractivity contribution is -0.384. The monoisotopic (exact) mass is 422 g/mol. The molecule has 1 N–H and O–H groups in total. The highest BCUT2D eigenvalue weighted by atomic mass is 79.9. The van der Waals surface area contributed by atoms with Gasteiger partial charge >= 0.3 is 0 Å². The van der Waals surface area contributed by atoms with E-state index in [-0.39, 0.29) is 11.6 Å². The first-order valence-electron chi connectivity index (χ1n) is 7.94. The number of hydrogen-bond acceptors (Lipinski definition) is 5. The van der Waals surface area contributed by atoms with E-state index >= 15 is 0 Å². The number of para-hydroxylation sites is 3. The summed E-state index contributed by atoms with van der Waals surface area (Å²) in [6.07, 6.45) is 0. The van der Waals surface area contributed by atoms with Gasteiger partial charge in [0.15, 0.2) is 0 Å². The maximum absolute atomic E-state index is 12.8. The number of nitro benzene ring substituents is 1. The summed E-state index contributed by atoms with van der Waals surface area (Å²) >= 11 is 3.25. The molecule has 1 amide bonds. The van der Waals surface area contributed by atoms with Crippen LogP contribution in [0.25, 0.3) is 22.1 Å². The molecule has 0 aliphatic rings. The topological polar surface area (TPSA) is 98.0 Å². The number of fused-ring (bicyclic) bond motifs is 2. The summed E-state index contributed by atoms with van der Waals surface area (Å²) in [6, 6.07) is 16.8. The van der Waals surface area contributed by atoms with Crippen molar-refractivity contribution in [1.82, 2.24) is 9.97 Å². The Morgan fingerprint density at radius 2 is 1.67 bits per heavy atom. The number of carbonyl (C=O) groups is 1. The van der Waals surface area contributed by atoms with Crippen LogP contribution >= 0.6 is 15.9 Å². The van der Waals surface area contributed by atoms with E-state index in [4.69, 9.17) is 0 Å². The number of hydrogen-bond donors (Lipinski definition) is 1. The van der Waals surface area contributed by atoms with E-state index in [0.717, 1.165) is 5.52 Å². The minimum Gasteiger partial charge on any atom is -0.321 e. The van der Waals surface area contributed by atoms with Gasteiger partial charge in [0, 0.05) is 16.6 Å². The molecule has 8 heteroatoms. The average Bonchev–Trinajstić information content (AvgIpc) is 2.67. The molecule has 0 aliphatic heterocycles. The Bertz CT molecular complexity index is 1230. The van der Waals surface area contributed by atoms with Gasteiger partial charge in [-0.15, -0.1) is 0 Å². The summed E-state index contributed by atoms with van der Waals surface area (Å²) in [5.41, 5.74) is 3.29. The molecule has 0 saturated carbocycles. The molecule has 0 bridgehead atoms. The van der Waals surface area contributed by atoms with Crippen LogP contribution in [0.15, 0.2) is 65.1 Å². The molecule has 4 rings (SSSR count). The lowest BCUT2D eigenvalue weighted by atomic mass is 10.1. The van der Waals surface area contributed by atoms with Crippen molar-refractivity contribution in [3.05, 3.63) is 80.8 Å². The van der Waals surface area contributed by atoms with Gasteiger partial charge in [-0.05, 0) is 46.3 Å². The van der Waals surface area contributed by atoms with Gasteiger partial charge in [0.25, 0.3) is 11.6 Å². The van der Waals surface area contributed by atoms with Crippen LogP contribution < -0.4 is 5.32 Å². The molecule has 0 fully saturated rings. The third kappa shape index (κ3) is 3.22. The fraction of sp³-hybridized carbons (Fsp3) is 0. The number of halogens is 1. The Labute approximate surface area is 161 Å². The molecule has 27 heavy (non-hydrogen) atoms. The van der Waals surface area contributed by atoms with Crippen molar-refractivity contribution in [2.75, 3.05) is 5.32 Å². The van der Waals surface area contributed by atoms with Gasteiger partial charge in [0.1, 0.15) is 5.52 Å². The molecule has 1 heterocycles. The third-order valence-corrected chi connectivity index (χ3v) is 4.68. The van der Waals surface area contributed by atoms with Crippen LogP contribution in [0.4, 0.5) is 11.4 Å². The Hall–Kier alpha value is -3.39. The normalized spacial score (nSPS) is 10.9. The molecular formula is C19H11BrN4O3. The minimum atomic E-state index is -0.498. The zero-order chi connectivity index (χ0) is 19.0. The molecule has 0 spiro atoms. The second-order valence-corrected chi connectivity index (χ2v) is 6.62. The van der Waals surface area contributed by atoms with Crippen molar-refractivity contribution in [2.45, 2.75) is 0 Å².